The molecular formula is C24H31NO2. The highest BCUT2D eigenvalue weighted by Crippen LogP contribution is 2.44. The molecule has 2 aromatic carbocycles. The summed E-state index contributed by atoms with van der Waals surface area (Å²) in [6.45, 7) is 3.11. The first kappa shape index (κ1) is 17.7. The number of hydrogen-bond donors (Lipinski definition) is 0. The lowest BCUT2D eigenvalue weighted by Gasteiger charge is -2.43. The van der Waals surface area contributed by atoms with Gasteiger partial charge in [-0.2, -0.15) is 0 Å². The lowest BCUT2D eigenvalue weighted by atomic mass is 9.79. The summed E-state index contributed by atoms with van der Waals surface area (Å²) in [5.74, 6) is 0.844. The number of rotatable bonds is 6. The molecule has 5 rings (SSSR count). The Hall–Kier alpha value is -1.42. The van der Waals surface area contributed by atoms with E-state index in [9.17, 15) is 0 Å². The molecule has 0 radical (unpaired) electrons. The molecule has 27 heavy (non-hydrogen) atoms. The van der Waals surface area contributed by atoms with Crippen molar-refractivity contribution in [3.8, 4) is 0 Å². The average molecular weight is 366 g/mol. The molecule has 0 amide bonds. The molecule has 0 spiro atoms. The van der Waals surface area contributed by atoms with Crippen molar-refractivity contribution in [2.75, 3.05) is 20.3 Å². The summed E-state index contributed by atoms with van der Waals surface area (Å²) < 4.78 is 12.4. The number of methoxy groups -OCH3 is 1. The molecule has 3 nitrogen and oxygen atoms in total. The van der Waals surface area contributed by atoms with Gasteiger partial charge < -0.3 is 9.47 Å². The fourth-order valence-electron chi connectivity index (χ4n) is 5.22. The Kier molecular flexibility index (Phi) is 4.71. The van der Waals surface area contributed by atoms with Crippen LogP contribution in [0.1, 0.15) is 44.1 Å². The highest BCUT2D eigenvalue weighted by molar-refractivity contribution is 5.82. The molecule has 3 aliphatic rings. The normalized spacial score (nSPS) is 31.3. The molecule has 0 unspecified atom stereocenters. The highest BCUT2D eigenvalue weighted by atomic mass is 16.5. The van der Waals surface area contributed by atoms with Crippen molar-refractivity contribution in [3.63, 3.8) is 0 Å². The summed E-state index contributed by atoms with van der Waals surface area (Å²) in [7, 11) is 1.91. The van der Waals surface area contributed by atoms with Crippen molar-refractivity contribution < 1.29 is 9.47 Å². The van der Waals surface area contributed by atoms with Crippen LogP contribution < -0.4 is 0 Å². The number of nitrogens with zero attached hydrogens (tertiary/aromatic N) is 1. The van der Waals surface area contributed by atoms with Crippen LogP contribution in [0.5, 0.6) is 0 Å². The molecule has 3 atom stereocenters. The molecule has 0 N–H and O–H groups in total. The van der Waals surface area contributed by atoms with Crippen molar-refractivity contribution in [3.05, 3.63) is 48.0 Å². The summed E-state index contributed by atoms with van der Waals surface area (Å²) in [5, 5.41) is 2.65. The number of hydrogen-bond acceptors (Lipinski definition) is 3. The fourth-order valence-corrected chi connectivity index (χ4v) is 5.22. The Morgan fingerprint density at radius 1 is 1.04 bits per heavy atom. The van der Waals surface area contributed by atoms with Crippen molar-refractivity contribution in [1.82, 2.24) is 4.90 Å². The van der Waals surface area contributed by atoms with E-state index in [4.69, 9.17) is 9.47 Å². The predicted molar refractivity (Wildman–Crippen MR) is 109 cm³/mol. The second-order valence-electron chi connectivity index (χ2n) is 8.86. The zero-order valence-corrected chi connectivity index (χ0v) is 16.4. The molecule has 0 bridgehead atoms. The molecule has 3 heteroatoms. The van der Waals surface area contributed by atoms with Crippen LogP contribution in [0.4, 0.5) is 0 Å². The third-order valence-corrected chi connectivity index (χ3v) is 7.12. The first-order chi connectivity index (χ1) is 13.3. The van der Waals surface area contributed by atoms with Crippen LogP contribution in [0.3, 0.4) is 0 Å². The Bertz CT molecular complexity index is 802. The van der Waals surface area contributed by atoms with E-state index in [1.54, 1.807) is 0 Å². The first-order valence-electron chi connectivity index (χ1n) is 10.6. The van der Waals surface area contributed by atoms with Crippen LogP contribution in [0, 0.1) is 5.92 Å². The molecule has 1 aliphatic heterocycles. The minimum absolute atomic E-state index is 0.0380. The molecule has 2 saturated carbocycles. The van der Waals surface area contributed by atoms with Gasteiger partial charge in [-0.15, -0.1) is 0 Å². The Labute approximate surface area is 162 Å². The maximum atomic E-state index is 6.28. The second kappa shape index (κ2) is 7.20. The van der Waals surface area contributed by atoms with Crippen molar-refractivity contribution >= 4 is 10.8 Å². The summed E-state index contributed by atoms with van der Waals surface area (Å²) in [5.41, 5.74) is 1.44. The van der Waals surface area contributed by atoms with Crippen molar-refractivity contribution in [2.24, 2.45) is 5.92 Å². The van der Waals surface area contributed by atoms with E-state index in [1.807, 2.05) is 7.11 Å². The first-order valence-corrected chi connectivity index (χ1v) is 10.6. The minimum Gasteiger partial charge on any atom is -0.378 e. The zero-order chi connectivity index (χ0) is 18.3. The van der Waals surface area contributed by atoms with Crippen molar-refractivity contribution in [1.29, 1.82) is 0 Å². The Morgan fingerprint density at radius 3 is 2.70 bits per heavy atom. The average Bonchev–Trinajstić information content (AvgIpc) is 3.48. The predicted octanol–water partition coefficient (Wildman–Crippen LogP) is 4.78. The van der Waals surface area contributed by atoms with Crippen LogP contribution >= 0.6 is 0 Å². The molecular weight excluding hydrogens is 334 g/mol. The second-order valence-corrected chi connectivity index (χ2v) is 8.86. The minimum atomic E-state index is 0.0380. The molecule has 3 fully saturated rings. The lowest BCUT2D eigenvalue weighted by Crippen LogP contribution is -2.51. The Balaban J connectivity index is 1.31. The monoisotopic (exact) mass is 365 g/mol. The molecule has 2 aromatic rings. The maximum Gasteiger partial charge on any atom is 0.0847 e. The van der Waals surface area contributed by atoms with Crippen LogP contribution in [-0.4, -0.2) is 42.9 Å². The molecule has 144 valence electrons. The molecule has 1 saturated heterocycles. The van der Waals surface area contributed by atoms with E-state index in [0.717, 1.165) is 51.3 Å². The highest BCUT2D eigenvalue weighted by Gasteiger charge is 2.51. The third-order valence-electron chi connectivity index (χ3n) is 7.12. The van der Waals surface area contributed by atoms with E-state index < -0.39 is 0 Å². The quantitative estimate of drug-likeness (QED) is 0.735. The van der Waals surface area contributed by atoms with E-state index in [1.165, 1.54) is 29.2 Å². The van der Waals surface area contributed by atoms with Gasteiger partial charge in [0.1, 0.15) is 0 Å². The van der Waals surface area contributed by atoms with Gasteiger partial charge in [-0.3, -0.25) is 4.90 Å². The SMILES string of the molecule is CO[C@@]12CC[C@@H](OCC3CC3)C[C@@H]1N(Cc1ccc3ccccc3c1)CC2. The lowest BCUT2D eigenvalue weighted by molar-refractivity contribution is -0.103. The van der Waals surface area contributed by atoms with Gasteiger partial charge in [-0.05, 0) is 66.8 Å². The summed E-state index contributed by atoms with van der Waals surface area (Å²) >= 11 is 0. The van der Waals surface area contributed by atoms with Gasteiger partial charge in [0.05, 0.1) is 11.7 Å². The van der Waals surface area contributed by atoms with Gasteiger partial charge in [-0.1, -0.05) is 36.4 Å². The van der Waals surface area contributed by atoms with Crippen LogP contribution in [-0.2, 0) is 16.0 Å². The van der Waals surface area contributed by atoms with Gasteiger partial charge in [-0.25, -0.2) is 0 Å². The van der Waals surface area contributed by atoms with Crippen LogP contribution in [0.2, 0.25) is 0 Å². The van der Waals surface area contributed by atoms with E-state index in [2.05, 4.69) is 47.4 Å². The zero-order valence-electron chi connectivity index (χ0n) is 16.4. The van der Waals surface area contributed by atoms with Gasteiger partial charge in [0.2, 0.25) is 0 Å². The molecule has 0 aromatic heterocycles. The summed E-state index contributed by atoms with van der Waals surface area (Å²) in [6.07, 6.45) is 7.71. The number of benzene rings is 2. The van der Waals surface area contributed by atoms with Crippen LogP contribution in [0.15, 0.2) is 42.5 Å². The molecule has 1 heterocycles. The van der Waals surface area contributed by atoms with Crippen molar-refractivity contribution in [2.45, 2.75) is 62.8 Å². The maximum absolute atomic E-state index is 6.28. The van der Waals surface area contributed by atoms with E-state index in [0.29, 0.717) is 12.1 Å². The van der Waals surface area contributed by atoms with Gasteiger partial charge in [0, 0.05) is 32.8 Å². The standard InChI is InChI=1S/C24H31NO2/c1-26-24-11-10-22(27-17-18-6-7-18)15-23(24)25(13-12-24)16-19-8-9-20-4-2-3-5-21(20)14-19/h2-5,8-9,14,18,22-23H,6-7,10-13,15-17H2,1H3/t22-,23+,24-/m1/s1. The van der Waals surface area contributed by atoms with Gasteiger partial charge in [0.25, 0.3) is 0 Å². The largest absolute Gasteiger partial charge is 0.378 e. The molecule has 2 aliphatic carbocycles. The van der Waals surface area contributed by atoms with Crippen LogP contribution in [0.25, 0.3) is 10.8 Å². The summed E-state index contributed by atoms with van der Waals surface area (Å²) in [4.78, 5) is 2.65. The third kappa shape index (κ3) is 3.53. The smallest absolute Gasteiger partial charge is 0.0847 e. The van der Waals surface area contributed by atoms with E-state index in [-0.39, 0.29) is 5.60 Å². The number of fused-ring (bicyclic) bond motifs is 2. The number of likely N-dealkylation sites (tertiary alicyclic amines) is 1. The number of ether oxygens (including phenoxy) is 2. The Morgan fingerprint density at radius 2 is 1.89 bits per heavy atom. The van der Waals surface area contributed by atoms with Gasteiger partial charge in [0.15, 0.2) is 0 Å². The fraction of sp³-hybridized carbons (Fsp3) is 0.583. The summed E-state index contributed by atoms with van der Waals surface area (Å²) in [6, 6.07) is 16.0. The topological polar surface area (TPSA) is 21.7 Å². The van der Waals surface area contributed by atoms with Gasteiger partial charge >= 0.3 is 0 Å². The van der Waals surface area contributed by atoms with E-state index >= 15 is 0 Å².